The molecule has 1 aromatic rings. The summed E-state index contributed by atoms with van der Waals surface area (Å²) < 4.78 is 13.1. The Morgan fingerprint density at radius 2 is 2.08 bits per heavy atom. The third-order valence-corrected chi connectivity index (χ3v) is 1.79. The second-order valence-electron chi connectivity index (χ2n) is 2.61. The van der Waals surface area contributed by atoms with Crippen LogP contribution < -0.4 is 0 Å². The first-order chi connectivity index (χ1) is 5.88. The Bertz CT molecular complexity index is 353. The highest BCUT2D eigenvalue weighted by atomic mass is 19.1. The van der Waals surface area contributed by atoms with Crippen LogP contribution in [0.3, 0.4) is 0 Å². The van der Waals surface area contributed by atoms with Crippen molar-refractivity contribution < 1.29 is 4.39 Å². The number of hydrogen-bond donors (Lipinski definition) is 0. The largest absolute Gasteiger partial charge is 0.281 e. The molecular formula is C10H8FN. The molecule has 12 heavy (non-hydrogen) atoms. The number of hydrogen-bond acceptors (Lipinski definition) is 1. The van der Waals surface area contributed by atoms with Gasteiger partial charge in [0, 0.05) is 5.56 Å². The van der Waals surface area contributed by atoms with Crippen LogP contribution in [0.2, 0.25) is 0 Å². The number of aliphatic imine (C=N–C) groups is 1. The highest BCUT2D eigenvalue weighted by molar-refractivity contribution is 6.09. The Morgan fingerprint density at radius 3 is 2.75 bits per heavy atom. The Balaban J connectivity index is 2.46. The SMILES string of the molecule is Fc1ccccc1C1=NCC=C1. The van der Waals surface area contributed by atoms with Gasteiger partial charge >= 0.3 is 0 Å². The van der Waals surface area contributed by atoms with Gasteiger partial charge in [-0.3, -0.25) is 4.99 Å². The van der Waals surface area contributed by atoms with Gasteiger partial charge in [-0.15, -0.1) is 0 Å². The lowest BCUT2D eigenvalue weighted by atomic mass is 10.1. The van der Waals surface area contributed by atoms with E-state index in [2.05, 4.69) is 4.99 Å². The van der Waals surface area contributed by atoms with Gasteiger partial charge in [0.25, 0.3) is 0 Å². The standard InChI is InChI=1S/C10H8FN/c11-9-5-2-1-4-8(9)10-6-3-7-12-10/h1-6H,7H2. The van der Waals surface area contributed by atoms with Crippen LogP contribution in [-0.2, 0) is 0 Å². The molecule has 1 aliphatic heterocycles. The lowest BCUT2D eigenvalue weighted by Crippen LogP contribution is -1.97. The van der Waals surface area contributed by atoms with Crippen LogP contribution in [0.4, 0.5) is 4.39 Å². The third-order valence-electron chi connectivity index (χ3n) is 1.79. The molecule has 2 heteroatoms. The topological polar surface area (TPSA) is 12.4 Å². The van der Waals surface area contributed by atoms with Gasteiger partial charge in [-0.05, 0) is 18.2 Å². The van der Waals surface area contributed by atoms with Crippen LogP contribution in [0.25, 0.3) is 0 Å². The number of benzene rings is 1. The molecule has 0 fully saturated rings. The highest BCUT2D eigenvalue weighted by Gasteiger charge is 2.07. The maximum absolute atomic E-state index is 13.1. The smallest absolute Gasteiger partial charge is 0.132 e. The van der Waals surface area contributed by atoms with Gasteiger partial charge in [-0.2, -0.15) is 0 Å². The van der Waals surface area contributed by atoms with Crippen LogP contribution in [-0.4, -0.2) is 12.3 Å². The zero-order chi connectivity index (χ0) is 8.39. The van der Waals surface area contributed by atoms with E-state index in [1.54, 1.807) is 12.1 Å². The molecule has 60 valence electrons. The van der Waals surface area contributed by atoms with E-state index in [0.717, 1.165) is 5.71 Å². The first kappa shape index (κ1) is 7.22. The monoisotopic (exact) mass is 161 g/mol. The van der Waals surface area contributed by atoms with Gasteiger partial charge in [0.1, 0.15) is 5.82 Å². The predicted molar refractivity (Wildman–Crippen MR) is 46.9 cm³/mol. The molecule has 1 aromatic carbocycles. The fourth-order valence-corrected chi connectivity index (χ4v) is 1.21. The number of allylic oxidation sites excluding steroid dienone is 1. The van der Waals surface area contributed by atoms with Crippen LogP contribution in [0.15, 0.2) is 41.4 Å². The van der Waals surface area contributed by atoms with E-state index in [0.29, 0.717) is 12.1 Å². The van der Waals surface area contributed by atoms with E-state index in [-0.39, 0.29) is 5.82 Å². The maximum Gasteiger partial charge on any atom is 0.132 e. The minimum absolute atomic E-state index is 0.206. The lowest BCUT2D eigenvalue weighted by Gasteiger charge is -1.98. The summed E-state index contributed by atoms with van der Waals surface area (Å²) in [6, 6.07) is 6.68. The fourth-order valence-electron chi connectivity index (χ4n) is 1.21. The van der Waals surface area contributed by atoms with Gasteiger partial charge in [-0.25, -0.2) is 4.39 Å². The number of nitrogens with zero attached hydrogens (tertiary/aromatic N) is 1. The number of rotatable bonds is 1. The summed E-state index contributed by atoms with van der Waals surface area (Å²) in [6.07, 6.45) is 3.76. The molecule has 0 saturated carbocycles. The van der Waals surface area contributed by atoms with E-state index in [1.165, 1.54) is 6.07 Å². The molecule has 0 saturated heterocycles. The zero-order valence-corrected chi connectivity index (χ0v) is 6.50. The molecule has 0 aliphatic carbocycles. The zero-order valence-electron chi connectivity index (χ0n) is 6.50. The molecule has 1 nitrogen and oxygen atoms in total. The molecule has 0 aromatic heterocycles. The Kier molecular flexibility index (Phi) is 1.74. The van der Waals surface area contributed by atoms with E-state index in [1.807, 2.05) is 18.2 Å². The van der Waals surface area contributed by atoms with Crippen molar-refractivity contribution in [2.75, 3.05) is 6.54 Å². The lowest BCUT2D eigenvalue weighted by molar-refractivity contribution is 0.625. The minimum Gasteiger partial charge on any atom is -0.281 e. The molecule has 0 N–H and O–H groups in total. The van der Waals surface area contributed by atoms with Gasteiger partial charge in [0.05, 0.1) is 12.3 Å². The Morgan fingerprint density at radius 1 is 1.25 bits per heavy atom. The third kappa shape index (κ3) is 1.16. The molecule has 0 unspecified atom stereocenters. The summed E-state index contributed by atoms with van der Waals surface area (Å²) in [5, 5.41) is 0. The second-order valence-corrected chi connectivity index (χ2v) is 2.61. The molecule has 1 aliphatic rings. The van der Waals surface area contributed by atoms with Crippen molar-refractivity contribution in [3.63, 3.8) is 0 Å². The molecule has 0 amide bonds. The van der Waals surface area contributed by atoms with E-state index in [9.17, 15) is 4.39 Å². The van der Waals surface area contributed by atoms with Crippen molar-refractivity contribution in [2.45, 2.75) is 0 Å². The summed E-state index contributed by atoms with van der Waals surface area (Å²) in [4.78, 5) is 4.13. The van der Waals surface area contributed by atoms with Crippen molar-refractivity contribution in [3.8, 4) is 0 Å². The molecule has 0 atom stereocenters. The van der Waals surface area contributed by atoms with Crippen molar-refractivity contribution in [3.05, 3.63) is 47.8 Å². The molecule has 0 bridgehead atoms. The molecular weight excluding hydrogens is 153 g/mol. The van der Waals surface area contributed by atoms with E-state index in [4.69, 9.17) is 0 Å². The van der Waals surface area contributed by atoms with Gasteiger partial charge < -0.3 is 0 Å². The summed E-state index contributed by atoms with van der Waals surface area (Å²) >= 11 is 0. The molecule has 0 spiro atoms. The van der Waals surface area contributed by atoms with Crippen molar-refractivity contribution in [1.29, 1.82) is 0 Å². The number of halogens is 1. The van der Waals surface area contributed by atoms with Gasteiger partial charge in [-0.1, -0.05) is 18.2 Å². The summed E-state index contributed by atoms with van der Waals surface area (Å²) in [6.45, 7) is 0.670. The summed E-state index contributed by atoms with van der Waals surface area (Å²) in [5.41, 5.74) is 1.33. The average Bonchev–Trinajstić information content (AvgIpc) is 2.57. The normalized spacial score (nSPS) is 14.9. The van der Waals surface area contributed by atoms with E-state index < -0.39 is 0 Å². The first-order valence-electron chi connectivity index (χ1n) is 3.84. The van der Waals surface area contributed by atoms with Crippen LogP contribution in [0.5, 0.6) is 0 Å². The van der Waals surface area contributed by atoms with Crippen LogP contribution in [0, 0.1) is 5.82 Å². The van der Waals surface area contributed by atoms with Crippen LogP contribution in [0.1, 0.15) is 5.56 Å². The minimum atomic E-state index is -0.206. The summed E-state index contributed by atoms with van der Waals surface area (Å²) in [5.74, 6) is -0.206. The van der Waals surface area contributed by atoms with Crippen molar-refractivity contribution in [1.82, 2.24) is 0 Å². The first-order valence-corrected chi connectivity index (χ1v) is 3.84. The predicted octanol–water partition coefficient (Wildman–Crippen LogP) is 2.18. The Hall–Kier alpha value is -1.44. The van der Waals surface area contributed by atoms with E-state index >= 15 is 0 Å². The molecule has 1 heterocycles. The van der Waals surface area contributed by atoms with Gasteiger partial charge in [0.15, 0.2) is 0 Å². The molecule has 0 radical (unpaired) electrons. The highest BCUT2D eigenvalue weighted by Crippen LogP contribution is 2.11. The molecule has 2 rings (SSSR count). The average molecular weight is 161 g/mol. The van der Waals surface area contributed by atoms with Crippen molar-refractivity contribution >= 4 is 5.71 Å². The summed E-state index contributed by atoms with van der Waals surface area (Å²) in [7, 11) is 0. The van der Waals surface area contributed by atoms with Crippen molar-refractivity contribution in [2.24, 2.45) is 4.99 Å². The van der Waals surface area contributed by atoms with Crippen LogP contribution >= 0.6 is 0 Å². The Labute approximate surface area is 70.3 Å². The fraction of sp³-hybridized carbons (Fsp3) is 0.100. The maximum atomic E-state index is 13.1. The van der Waals surface area contributed by atoms with Gasteiger partial charge in [0.2, 0.25) is 0 Å². The quantitative estimate of drug-likeness (QED) is 0.598. The second kappa shape index (κ2) is 2.89.